The number of rotatable bonds is 9. The van der Waals surface area contributed by atoms with Gasteiger partial charge in [0.1, 0.15) is 18.1 Å². The summed E-state index contributed by atoms with van der Waals surface area (Å²) in [5, 5.41) is 3.68. The van der Waals surface area contributed by atoms with E-state index in [0.29, 0.717) is 22.1 Å². The van der Waals surface area contributed by atoms with Crippen LogP contribution in [0.5, 0.6) is 11.5 Å². The molecule has 0 bridgehead atoms. The number of benzene rings is 3. The van der Waals surface area contributed by atoms with Crippen molar-refractivity contribution in [2.24, 2.45) is 0 Å². The summed E-state index contributed by atoms with van der Waals surface area (Å²) < 4.78 is 11.2. The lowest BCUT2D eigenvalue weighted by molar-refractivity contribution is 0.0938. The van der Waals surface area contributed by atoms with Crippen molar-refractivity contribution >= 4 is 17.5 Å². The van der Waals surface area contributed by atoms with E-state index < -0.39 is 0 Å². The molecule has 0 aliphatic rings. The Morgan fingerprint density at radius 3 is 2.57 bits per heavy atom. The Morgan fingerprint density at radius 2 is 1.83 bits per heavy atom. The first-order valence-corrected chi connectivity index (χ1v) is 10.3. The normalized spacial score (nSPS) is 11.6. The number of carbonyl (C=O) groups is 1. The summed E-state index contributed by atoms with van der Waals surface area (Å²) in [7, 11) is 1.60. The van der Waals surface area contributed by atoms with Gasteiger partial charge in [-0.05, 0) is 61.7 Å². The molecule has 0 saturated carbocycles. The Labute approximate surface area is 182 Å². The number of amides is 1. The van der Waals surface area contributed by atoms with Gasteiger partial charge in [-0.3, -0.25) is 4.79 Å². The first kappa shape index (κ1) is 21.7. The topological polar surface area (TPSA) is 47.6 Å². The van der Waals surface area contributed by atoms with E-state index in [1.54, 1.807) is 31.4 Å². The fraction of sp³-hybridized carbons (Fsp3) is 0.240. The minimum Gasteiger partial charge on any atom is -0.496 e. The Kier molecular flexibility index (Phi) is 7.75. The van der Waals surface area contributed by atoms with Gasteiger partial charge in [0.05, 0.1) is 7.11 Å². The monoisotopic (exact) mass is 423 g/mol. The Morgan fingerprint density at radius 1 is 1.03 bits per heavy atom. The number of halogens is 1. The van der Waals surface area contributed by atoms with Crippen molar-refractivity contribution in [3.8, 4) is 11.5 Å². The molecule has 0 aliphatic heterocycles. The van der Waals surface area contributed by atoms with E-state index in [4.69, 9.17) is 21.1 Å². The summed E-state index contributed by atoms with van der Waals surface area (Å²) in [6, 6.07) is 22.9. The van der Waals surface area contributed by atoms with Gasteiger partial charge >= 0.3 is 0 Å². The first-order valence-electron chi connectivity index (χ1n) is 9.95. The van der Waals surface area contributed by atoms with E-state index in [1.165, 1.54) is 5.56 Å². The van der Waals surface area contributed by atoms with Gasteiger partial charge in [-0.1, -0.05) is 48.0 Å². The lowest BCUT2D eigenvalue weighted by atomic mass is 10.1. The van der Waals surface area contributed by atoms with Gasteiger partial charge in [-0.15, -0.1) is 0 Å². The van der Waals surface area contributed by atoms with E-state index in [-0.39, 0.29) is 18.6 Å². The number of hydrogen-bond acceptors (Lipinski definition) is 3. The van der Waals surface area contributed by atoms with Gasteiger partial charge in [-0.2, -0.15) is 0 Å². The van der Waals surface area contributed by atoms with Crippen LogP contribution in [0.15, 0.2) is 72.8 Å². The molecule has 1 atom stereocenters. The SMILES string of the molecule is COc1ccc(C(=O)NC(C)CCc2ccccc2)cc1COc1cccc(Cl)c1. The second kappa shape index (κ2) is 10.7. The van der Waals surface area contributed by atoms with Crippen LogP contribution < -0.4 is 14.8 Å². The van der Waals surface area contributed by atoms with Gasteiger partial charge in [0.25, 0.3) is 5.91 Å². The van der Waals surface area contributed by atoms with Crippen LogP contribution in [0.3, 0.4) is 0 Å². The molecule has 3 aromatic rings. The maximum atomic E-state index is 12.7. The van der Waals surface area contributed by atoms with Crippen molar-refractivity contribution in [3.05, 3.63) is 94.5 Å². The predicted molar refractivity (Wildman–Crippen MR) is 120 cm³/mol. The Bertz CT molecular complexity index is 975. The summed E-state index contributed by atoms with van der Waals surface area (Å²) in [5.41, 5.74) is 2.64. The van der Waals surface area contributed by atoms with Crippen LogP contribution in [0.4, 0.5) is 0 Å². The van der Waals surface area contributed by atoms with E-state index in [9.17, 15) is 4.79 Å². The highest BCUT2D eigenvalue weighted by molar-refractivity contribution is 6.30. The highest BCUT2D eigenvalue weighted by atomic mass is 35.5. The minimum atomic E-state index is -0.109. The van der Waals surface area contributed by atoms with Crippen molar-refractivity contribution in [3.63, 3.8) is 0 Å². The van der Waals surface area contributed by atoms with Crippen LogP contribution in [0.1, 0.15) is 34.8 Å². The third-order valence-corrected chi connectivity index (χ3v) is 5.05. The number of aryl methyl sites for hydroxylation is 1. The highest BCUT2D eigenvalue weighted by Crippen LogP contribution is 2.24. The molecule has 0 heterocycles. The average Bonchev–Trinajstić information content (AvgIpc) is 2.77. The van der Waals surface area contributed by atoms with E-state index in [1.807, 2.05) is 43.3 Å². The lowest BCUT2D eigenvalue weighted by Gasteiger charge is -2.16. The zero-order valence-corrected chi connectivity index (χ0v) is 18.0. The molecule has 3 aromatic carbocycles. The summed E-state index contributed by atoms with van der Waals surface area (Å²) >= 11 is 6.01. The van der Waals surface area contributed by atoms with Crippen molar-refractivity contribution in [2.75, 3.05) is 7.11 Å². The molecule has 156 valence electrons. The predicted octanol–water partition coefficient (Wildman–Crippen LogP) is 5.68. The van der Waals surface area contributed by atoms with E-state index >= 15 is 0 Å². The van der Waals surface area contributed by atoms with Gasteiger partial charge in [0.2, 0.25) is 0 Å². The van der Waals surface area contributed by atoms with Crippen LogP contribution in [-0.4, -0.2) is 19.1 Å². The smallest absolute Gasteiger partial charge is 0.251 e. The molecule has 1 unspecified atom stereocenters. The molecule has 5 heteroatoms. The molecule has 0 aliphatic carbocycles. The molecule has 0 aromatic heterocycles. The van der Waals surface area contributed by atoms with E-state index in [2.05, 4.69) is 17.4 Å². The number of ether oxygens (including phenoxy) is 2. The summed E-state index contributed by atoms with van der Waals surface area (Å²) in [5.74, 6) is 1.22. The zero-order valence-electron chi connectivity index (χ0n) is 17.2. The standard InChI is InChI=1S/C25H26ClNO3/c1-18(11-12-19-7-4-3-5-8-19)27-25(28)20-13-14-24(29-2)21(15-20)17-30-23-10-6-9-22(26)16-23/h3-10,13-16,18H,11-12,17H2,1-2H3,(H,27,28). The summed E-state index contributed by atoms with van der Waals surface area (Å²) in [6.07, 6.45) is 1.79. The van der Waals surface area contributed by atoms with Crippen LogP contribution in [0.25, 0.3) is 0 Å². The van der Waals surface area contributed by atoms with Crippen LogP contribution in [0.2, 0.25) is 5.02 Å². The molecule has 30 heavy (non-hydrogen) atoms. The largest absolute Gasteiger partial charge is 0.496 e. The number of methoxy groups -OCH3 is 1. The molecule has 3 rings (SSSR count). The number of hydrogen-bond donors (Lipinski definition) is 1. The molecular weight excluding hydrogens is 398 g/mol. The summed E-state index contributed by atoms with van der Waals surface area (Å²) in [6.45, 7) is 2.29. The third-order valence-electron chi connectivity index (χ3n) is 4.82. The molecule has 0 radical (unpaired) electrons. The van der Waals surface area contributed by atoms with Gasteiger partial charge in [0.15, 0.2) is 0 Å². The fourth-order valence-corrected chi connectivity index (χ4v) is 3.34. The number of nitrogens with one attached hydrogen (secondary N) is 1. The Balaban J connectivity index is 1.61. The van der Waals surface area contributed by atoms with Crippen molar-refractivity contribution in [1.29, 1.82) is 0 Å². The fourth-order valence-electron chi connectivity index (χ4n) is 3.16. The molecule has 0 spiro atoms. The summed E-state index contributed by atoms with van der Waals surface area (Å²) in [4.78, 5) is 12.7. The van der Waals surface area contributed by atoms with Crippen LogP contribution >= 0.6 is 11.6 Å². The van der Waals surface area contributed by atoms with Crippen LogP contribution in [0, 0.1) is 0 Å². The van der Waals surface area contributed by atoms with Gasteiger partial charge < -0.3 is 14.8 Å². The van der Waals surface area contributed by atoms with Crippen molar-refractivity contribution in [1.82, 2.24) is 5.32 Å². The maximum absolute atomic E-state index is 12.7. The molecule has 0 fully saturated rings. The first-order chi connectivity index (χ1) is 14.5. The van der Waals surface area contributed by atoms with Crippen molar-refractivity contribution in [2.45, 2.75) is 32.4 Å². The lowest BCUT2D eigenvalue weighted by Crippen LogP contribution is -2.33. The molecule has 1 amide bonds. The second-order valence-corrected chi connectivity index (χ2v) is 7.61. The molecule has 4 nitrogen and oxygen atoms in total. The second-order valence-electron chi connectivity index (χ2n) is 7.17. The van der Waals surface area contributed by atoms with Gasteiger partial charge in [-0.25, -0.2) is 0 Å². The highest BCUT2D eigenvalue weighted by Gasteiger charge is 2.13. The molecule has 0 saturated heterocycles. The maximum Gasteiger partial charge on any atom is 0.251 e. The third kappa shape index (κ3) is 6.26. The van der Waals surface area contributed by atoms with E-state index in [0.717, 1.165) is 18.4 Å². The zero-order chi connectivity index (χ0) is 21.3. The quantitative estimate of drug-likeness (QED) is 0.481. The minimum absolute atomic E-state index is 0.0611. The average molecular weight is 424 g/mol. The van der Waals surface area contributed by atoms with Crippen LogP contribution in [-0.2, 0) is 13.0 Å². The molecule has 1 N–H and O–H groups in total. The molecular formula is C25H26ClNO3. The van der Waals surface area contributed by atoms with Crippen molar-refractivity contribution < 1.29 is 14.3 Å². The van der Waals surface area contributed by atoms with Gasteiger partial charge in [0, 0.05) is 22.2 Å². The Hall–Kier alpha value is -2.98. The number of carbonyl (C=O) groups excluding carboxylic acids is 1.